The van der Waals surface area contributed by atoms with E-state index in [-0.39, 0.29) is 30.9 Å². The molecule has 2 aromatic rings. The maximum atomic E-state index is 13.9. The van der Waals surface area contributed by atoms with Crippen molar-refractivity contribution in [2.45, 2.75) is 51.7 Å². The number of alkyl halides is 1. The third kappa shape index (κ3) is 10.7. The number of para-hydroxylation sites is 1. The SMILES string of the molecule is CC(C)(C)OC(=O)NCCCC[C@H](NC(=O)c1cccc(OCCF)c1)C(=O)COc1c(F)cccc1F. The Labute approximate surface area is 219 Å². The van der Waals surface area contributed by atoms with Crippen LogP contribution in [-0.2, 0) is 9.53 Å². The van der Waals surface area contributed by atoms with E-state index in [0.29, 0.717) is 12.8 Å². The molecule has 0 fully saturated rings. The number of hydrogen-bond donors (Lipinski definition) is 2. The van der Waals surface area contributed by atoms with Gasteiger partial charge in [0, 0.05) is 12.1 Å². The zero-order chi connectivity index (χ0) is 28.1. The topological polar surface area (TPSA) is 103 Å². The Bertz CT molecular complexity index is 1070. The Morgan fingerprint density at radius 3 is 2.32 bits per heavy atom. The minimum atomic E-state index is -1.05. The van der Waals surface area contributed by atoms with E-state index in [2.05, 4.69) is 10.6 Å². The van der Waals surface area contributed by atoms with Gasteiger partial charge >= 0.3 is 6.09 Å². The molecule has 11 heteroatoms. The molecule has 2 aromatic carbocycles. The average Bonchev–Trinajstić information content (AvgIpc) is 2.85. The van der Waals surface area contributed by atoms with Crippen molar-refractivity contribution in [3.8, 4) is 11.5 Å². The molecular weight excluding hydrogens is 505 g/mol. The van der Waals surface area contributed by atoms with Crippen molar-refractivity contribution in [2.75, 3.05) is 26.4 Å². The summed E-state index contributed by atoms with van der Waals surface area (Å²) in [4.78, 5) is 37.5. The molecule has 0 saturated carbocycles. The number of benzene rings is 2. The van der Waals surface area contributed by atoms with Gasteiger partial charge in [-0.2, -0.15) is 0 Å². The summed E-state index contributed by atoms with van der Waals surface area (Å²) in [5.41, 5.74) is -0.468. The Kier molecular flexibility index (Phi) is 11.9. The zero-order valence-electron chi connectivity index (χ0n) is 21.7. The molecule has 8 nitrogen and oxygen atoms in total. The third-order valence-corrected chi connectivity index (χ3v) is 5.00. The minimum Gasteiger partial charge on any atom is -0.491 e. The number of ether oxygens (including phenoxy) is 3. The van der Waals surface area contributed by atoms with Crippen LogP contribution in [-0.4, -0.2) is 55.9 Å². The predicted molar refractivity (Wildman–Crippen MR) is 134 cm³/mol. The Hall–Kier alpha value is -3.76. The fourth-order valence-electron chi connectivity index (χ4n) is 3.28. The lowest BCUT2D eigenvalue weighted by Crippen LogP contribution is -2.43. The van der Waals surface area contributed by atoms with Crippen molar-refractivity contribution < 1.29 is 41.8 Å². The molecule has 0 aromatic heterocycles. The van der Waals surface area contributed by atoms with Crippen LogP contribution >= 0.6 is 0 Å². The summed E-state index contributed by atoms with van der Waals surface area (Å²) in [7, 11) is 0. The Morgan fingerprint density at radius 2 is 1.66 bits per heavy atom. The van der Waals surface area contributed by atoms with Crippen LogP contribution in [0, 0.1) is 11.6 Å². The highest BCUT2D eigenvalue weighted by Crippen LogP contribution is 2.21. The van der Waals surface area contributed by atoms with Crippen LogP contribution in [0.25, 0.3) is 0 Å². The number of halogens is 3. The quantitative estimate of drug-likeness (QED) is 0.337. The van der Waals surface area contributed by atoms with Gasteiger partial charge in [-0.15, -0.1) is 0 Å². The fourth-order valence-corrected chi connectivity index (χ4v) is 3.28. The van der Waals surface area contributed by atoms with Gasteiger partial charge < -0.3 is 24.8 Å². The maximum absolute atomic E-state index is 13.9. The van der Waals surface area contributed by atoms with E-state index in [4.69, 9.17) is 14.2 Å². The standard InChI is InChI=1S/C27H33F3N2O6/c1-27(2,3)38-26(35)31-14-5-4-12-22(23(33)17-37-24-20(29)10-7-11-21(24)30)32-25(34)18-8-6-9-19(16-18)36-15-13-28/h6-11,16,22H,4-5,12-15,17H2,1-3H3,(H,31,35)(H,32,34)/t22-/m0/s1. The van der Waals surface area contributed by atoms with E-state index >= 15 is 0 Å². The molecule has 2 amide bonds. The van der Waals surface area contributed by atoms with Gasteiger partial charge in [-0.3, -0.25) is 9.59 Å². The van der Waals surface area contributed by atoms with Crippen molar-refractivity contribution >= 4 is 17.8 Å². The van der Waals surface area contributed by atoms with Gasteiger partial charge in [-0.05, 0) is 70.4 Å². The number of rotatable bonds is 14. The van der Waals surface area contributed by atoms with Gasteiger partial charge in [0.05, 0.1) is 6.04 Å². The molecule has 0 radical (unpaired) electrons. The van der Waals surface area contributed by atoms with E-state index in [9.17, 15) is 27.6 Å². The normalized spacial score (nSPS) is 11.8. The first-order valence-corrected chi connectivity index (χ1v) is 12.2. The molecule has 0 bridgehead atoms. The largest absolute Gasteiger partial charge is 0.491 e. The molecule has 0 saturated heterocycles. The van der Waals surface area contributed by atoms with Gasteiger partial charge in [0.2, 0.25) is 0 Å². The molecule has 0 unspecified atom stereocenters. The summed E-state index contributed by atoms with van der Waals surface area (Å²) in [6.45, 7) is 3.94. The van der Waals surface area contributed by atoms with E-state index in [1.165, 1.54) is 18.2 Å². The summed E-state index contributed by atoms with van der Waals surface area (Å²) >= 11 is 0. The van der Waals surface area contributed by atoms with E-state index in [1.54, 1.807) is 32.9 Å². The molecule has 208 valence electrons. The van der Waals surface area contributed by atoms with Crippen molar-refractivity contribution in [3.05, 3.63) is 59.7 Å². The maximum Gasteiger partial charge on any atom is 0.407 e. The second-order valence-electron chi connectivity index (χ2n) is 9.32. The van der Waals surface area contributed by atoms with Crippen LogP contribution in [0.4, 0.5) is 18.0 Å². The van der Waals surface area contributed by atoms with Gasteiger partial charge in [0.1, 0.15) is 31.2 Å². The van der Waals surface area contributed by atoms with Crippen LogP contribution < -0.4 is 20.1 Å². The fraction of sp³-hybridized carbons (Fsp3) is 0.444. The first-order valence-electron chi connectivity index (χ1n) is 12.2. The lowest BCUT2D eigenvalue weighted by atomic mass is 10.0. The number of Topliss-reactive ketones (excluding diaryl/α,β-unsaturated/α-hetero) is 1. The molecule has 2 N–H and O–H groups in total. The summed E-state index contributed by atoms with van der Waals surface area (Å²) in [5.74, 6) is -3.53. The number of unbranched alkanes of at least 4 members (excludes halogenated alkanes) is 1. The molecule has 1 atom stereocenters. The van der Waals surface area contributed by atoms with Crippen LogP contribution in [0.2, 0.25) is 0 Å². The predicted octanol–water partition coefficient (Wildman–Crippen LogP) is 4.75. The summed E-state index contributed by atoms with van der Waals surface area (Å²) < 4.78 is 55.6. The molecule has 0 spiro atoms. The zero-order valence-corrected chi connectivity index (χ0v) is 21.7. The second-order valence-corrected chi connectivity index (χ2v) is 9.32. The molecule has 0 heterocycles. The van der Waals surface area contributed by atoms with Crippen molar-refractivity contribution in [1.82, 2.24) is 10.6 Å². The van der Waals surface area contributed by atoms with E-state index in [1.807, 2.05) is 0 Å². The van der Waals surface area contributed by atoms with Crippen LogP contribution in [0.5, 0.6) is 11.5 Å². The summed E-state index contributed by atoms with van der Waals surface area (Å²) in [6.07, 6.45) is 0.476. The summed E-state index contributed by atoms with van der Waals surface area (Å²) in [6, 6.07) is 8.12. The highest BCUT2D eigenvalue weighted by molar-refractivity contribution is 5.98. The van der Waals surface area contributed by atoms with Crippen molar-refractivity contribution in [3.63, 3.8) is 0 Å². The van der Waals surface area contributed by atoms with Gasteiger partial charge in [0.15, 0.2) is 23.2 Å². The number of amides is 2. The number of hydrogen-bond acceptors (Lipinski definition) is 6. The molecule has 2 rings (SSSR count). The van der Waals surface area contributed by atoms with Crippen molar-refractivity contribution in [1.29, 1.82) is 0 Å². The number of ketones is 1. The molecule has 0 aliphatic heterocycles. The molecular formula is C27H33F3N2O6. The van der Waals surface area contributed by atoms with E-state index in [0.717, 1.165) is 12.1 Å². The Balaban J connectivity index is 2.02. The second kappa shape index (κ2) is 14.8. The number of alkyl carbamates (subject to hydrolysis) is 1. The van der Waals surface area contributed by atoms with Gasteiger partial charge in [-0.1, -0.05) is 12.1 Å². The lowest BCUT2D eigenvalue weighted by Gasteiger charge is -2.20. The number of nitrogens with one attached hydrogen (secondary N) is 2. The number of carbonyl (C=O) groups is 3. The van der Waals surface area contributed by atoms with Crippen molar-refractivity contribution in [2.24, 2.45) is 0 Å². The Morgan fingerprint density at radius 1 is 0.974 bits per heavy atom. The third-order valence-electron chi connectivity index (χ3n) is 5.00. The van der Waals surface area contributed by atoms with Crippen LogP contribution in [0.1, 0.15) is 50.4 Å². The van der Waals surface area contributed by atoms with E-state index < -0.39 is 60.1 Å². The van der Waals surface area contributed by atoms with Gasteiger partial charge in [-0.25, -0.2) is 18.0 Å². The summed E-state index contributed by atoms with van der Waals surface area (Å²) in [5, 5.41) is 5.22. The monoisotopic (exact) mass is 538 g/mol. The molecule has 38 heavy (non-hydrogen) atoms. The number of carbonyl (C=O) groups excluding carboxylic acids is 3. The first-order chi connectivity index (χ1) is 18.0. The van der Waals surface area contributed by atoms with Gasteiger partial charge in [0.25, 0.3) is 5.91 Å². The molecule has 0 aliphatic carbocycles. The first kappa shape index (κ1) is 30.5. The lowest BCUT2D eigenvalue weighted by molar-refractivity contribution is -0.123. The molecule has 0 aliphatic rings. The highest BCUT2D eigenvalue weighted by atomic mass is 19.1. The average molecular weight is 539 g/mol. The highest BCUT2D eigenvalue weighted by Gasteiger charge is 2.23. The smallest absolute Gasteiger partial charge is 0.407 e. The van der Waals surface area contributed by atoms with Crippen LogP contribution in [0.15, 0.2) is 42.5 Å². The van der Waals surface area contributed by atoms with Crippen LogP contribution in [0.3, 0.4) is 0 Å². The minimum absolute atomic E-state index is 0.168.